The molecule has 2 aliphatic heterocycles. The zero-order valence-corrected chi connectivity index (χ0v) is 60.9. The summed E-state index contributed by atoms with van der Waals surface area (Å²) in [6.07, 6.45) is 11.1. The third-order valence-corrected chi connectivity index (χ3v) is 19.6. The summed E-state index contributed by atoms with van der Waals surface area (Å²) in [4.78, 5) is 57.8. The molecule has 4 N–H and O–H groups in total. The lowest BCUT2D eigenvalue weighted by molar-refractivity contribution is -0.929. The Balaban J connectivity index is 0.000000233. The van der Waals surface area contributed by atoms with Crippen LogP contribution < -0.4 is 16.4 Å². The third-order valence-electron chi connectivity index (χ3n) is 16.6. The molecule has 0 spiro atoms. The molecule has 2 amide bonds. The number of benzene rings is 6. The van der Waals surface area contributed by atoms with Gasteiger partial charge in [-0.3, -0.25) is 27.7 Å². The first-order valence-corrected chi connectivity index (χ1v) is 36.9. The molecule has 2 aliphatic rings. The Hall–Kier alpha value is -6.98. The summed E-state index contributed by atoms with van der Waals surface area (Å²) < 4.78 is 105. The molecule has 8 aromatic rings. The van der Waals surface area contributed by atoms with E-state index in [-0.39, 0.29) is 90.9 Å². The fourth-order valence-corrected chi connectivity index (χ4v) is 13.8. The number of aromatic nitrogens is 4. The van der Waals surface area contributed by atoms with Crippen molar-refractivity contribution in [3.63, 3.8) is 0 Å². The second-order valence-electron chi connectivity index (χ2n) is 23.7. The highest BCUT2D eigenvalue weighted by Crippen LogP contribution is 2.50. The summed E-state index contributed by atoms with van der Waals surface area (Å²) in [6, 6.07) is 29.7. The Kier molecular flexibility index (Phi) is 31.7. The van der Waals surface area contributed by atoms with Crippen LogP contribution in [0.2, 0.25) is 0 Å². The van der Waals surface area contributed by atoms with Crippen LogP contribution in [-0.4, -0.2) is 98.6 Å². The first-order chi connectivity index (χ1) is 47.0. The summed E-state index contributed by atoms with van der Waals surface area (Å²) >= 11 is 5.97. The number of alkyl halides is 1. The predicted molar refractivity (Wildman–Crippen MR) is 381 cm³/mol. The molecule has 99 heavy (non-hydrogen) atoms. The molecule has 0 radical (unpaired) electrons. The number of quaternary nitrogens is 1. The van der Waals surface area contributed by atoms with E-state index in [9.17, 15) is 41.2 Å². The number of halogens is 6. The number of nitrogens with two attached hydrogens (primary N) is 2. The van der Waals surface area contributed by atoms with E-state index >= 15 is 0 Å². The third kappa shape index (κ3) is 22.0. The fourth-order valence-electron chi connectivity index (χ4n) is 11.7. The number of nitrogens with zero attached hydrogens (tertiary/aromatic N) is 7. The number of unbranched alkanes of at least 4 members (excludes halogenated alkanes) is 4. The molecule has 0 bridgehead atoms. The van der Waals surface area contributed by atoms with Crippen LogP contribution in [0.4, 0.5) is 29.5 Å². The molecule has 19 nitrogen and oxygen atoms in total. The van der Waals surface area contributed by atoms with Crippen molar-refractivity contribution in [1.29, 1.82) is 0 Å². The predicted octanol–water partition coefficient (Wildman–Crippen LogP) is 17.0. The van der Waals surface area contributed by atoms with E-state index in [0.717, 1.165) is 46.5 Å². The van der Waals surface area contributed by atoms with Crippen LogP contribution in [0.1, 0.15) is 161 Å². The largest absolute Gasteiger partial charge is 0.756 e. The number of carbonyl (C=O) groups is 2. The summed E-state index contributed by atoms with van der Waals surface area (Å²) in [6.45, 7) is 23.2. The second kappa shape index (κ2) is 38.7. The van der Waals surface area contributed by atoms with Gasteiger partial charge in [-0.1, -0.05) is 114 Å². The Morgan fingerprint density at radius 3 is 1.19 bits per heavy atom. The number of phosphoric ester groups is 2. The number of hydrogen-bond donors (Lipinski definition) is 2. The van der Waals surface area contributed by atoms with Crippen molar-refractivity contribution in [3.05, 3.63) is 177 Å². The highest BCUT2D eigenvalue weighted by Gasteiger charge is 2.31. The molecular weight excluding hydrogens is 1360 g/mol. The zero-order valence-electron chi connectivity index (χ0n) is 57.5. The van der Waals surface area contributed by atoms with E-state index in [1.165, 1.54) is 82.0 Å². The second-order valence-corrected chi connectivity index (χ2v) is 27.0. The van der Waals surface area contributed by atoms with Gasteiger partial charge in [-0.15, -0.1) is 24.0 Å². The molecule has 0 aliphatic carbocycles. The number of phosphoric acid groups is 2. The van der Waals surface area contributed by atoms with Crippen molar-refractivity contribution >= 4 is 85.2 Å². The van der Waals surface area contributed by atoms with Crippen LogP contribution in [0.3, 0.4) is 0 Å². The molecule has 0 fully saturated rings. The topological polar surface area (TPSA) is 248 Å². The summed E-state index contributed by atoms with van der Waals surface area (Å²) in [5.41, 5.74) is 19.5. The number of amides is 2. The van der Waals surface area contributed by atoms with Crippen LogP contribution >= 0.6 is 39.7 Å². The van der Waals surface area contributed by atoms with Gasteiger partial charge in [0.05, 0.1) is 70.2 Å². The van der Waals surface area contributed by atoms with E-state index in [1.807, 2.05) is 48.5 Å². The van der Waals surface area contributed by atoms with Crippen molar-refractivity contribution in [1.82, 2.24) is 29.7 Å². The fraction of sp³-hybridized carbons (Fsp3) is 0.417. The summed E-state index contributed by atoms with van der Waals surface area (Å²) in [5.74, 6) is -4.83. The average molecular weight is 1450 g/mol. The molecule has 536 valence electrons. The lowest BCUT2D eigenvalue weighted by atomic mass is 9.97. The van der Waals surface area contributed by atoms with Crippen molar-refractivity contribution in [2.45, 2.75) is 145 Å². The summed E-state index contributed by atoms with van der Waals surface area (Å²) in [5, 5.41) is 0.862. The molecule has 4 heterocycles. The van der Waals surface area contributed by atoms with E-state index < -0.39 is 45.5 Å². The SMILES string of the molecule is CCCC[N+](CCCC)(CCCC)CCCC.CCOP(=O)(OCC)OCc1cc(F)c(F)cc1-c1ccc2nc(N)nc(C(=O)N3Cc4ccccc4C3)c2c1.CCOP(=O)([O-])OCC.Cl.Nc1nc(C(=O)N2Cc3ccccc3C2)c2cc(-c3cc(F)c(F)cc3CCl)ccc2n1. The van der Waals surface area contributed by atoms with Gasteiger partial charge >= 0.3 is 7.82 Å². The Morgan fingerprint density at radius 2 is 0.848 bits per heavy atom. The maximum absolute atomic E-state index is 14.4. The van der Waals surface area contributed by atoms with E-state index in [1.54, 1.807) is 73.9 Å². The van der Waals surface area contributed by atoms with Crippen molar-refractivity contribution < 1.29 is 68.3 Å². The minimum atomic E-state index is -3.94. The molecular formula is C72H91Cl2F4N9O10P2. The van der Waals surface area contributed by atoms with Crippen LogP contribution in [0.5, 0.6) is 0 Å². The van der Waals surface area contributed by atoms with Crippen LogP contribution in [0.25, 0.3) is 44.1 Å². The molecule has 0 atom stereocenters. The van der Waals surface area contributed by atoms with E-state index in [0.29, 0.717) is 70.2 Å². The lowest BCUT2D eigenvalue weighted by Crippen LogP contribution is -2.50. The van der Waals surface area contributed by atoms with E-state index in [2.05, 4.69) is 56.7 Å². The van der Waals surface area contributed by atoms with E-state index in [4.69, 9.17) is 36.6 Å². The van der Waals surface area contributed by atoms with Gasteiger partial charge in [0.1, 0.15) is 11.4 Å². The smallest absolute Gasteiger partial charge is 0.475 e. The van der Waals surface area contributed by atoms with Gasteiger partial charge in [-0.25, -0.2) is 42.1 Å². The van der Waals surface area contributed by atoms with Gasteiger partial charge in [-0.05, 0) is 158 Å². The Labute approximate surface area is 589 Å². The van der Waals surface area contributed by atoms with Gasteiger partial charge in [0.15, 0.2) is 23.3 Å². The van der Waals surface area contributed by atoms with Gasteiger partial charge in [0.2, 0.25) is 11.9 Å². The first-order valence-electron chi connectivity index (χ1n) is 33.4. The number of fused-ring (bicyclic) bond motifs is 4. The summed E-state index contributed by atoms with van der Waals surface area (Å²) in [7, 11) is -7.87. The molecule has 2 aromatic heterocycles. The van der Waals surface area contributed by atoms with Gasteiger partial charge in [0.25, 0.3) is 19.6 Å². The molecule has 0 saturated heterocycles. The van der Waals surface area contributed by atoms with Crippen molar-refractivity contribution in [2.24, 2.45) is 0 Å². The molecule has 27 heteroatoms. The molecule has 0 saturated carbocycles. The minimum absolute atomic E-state index is 0. The quantitative estimate of drug-likeness (QED) is 0.0200. The standard InChI is InChI=1S/C28H27F2N4O5P.C24H17ClF2N4O.C16H36N.C4H11O4P.ClH/c1-3-37-40(36,38-4-2)39-16-20-12-23(29)24(30)13-21(20)17-9-10-25-22(11-17)26(33-28(31)32-25)27(35)34-14-18-7-5-6-8-19(18)15-34;25-10-16-8-19(26)20(27)9-17(16)13-5-6-21-18(7-13)22(30-24(28)29-21)23(32)31-11-14-3-1-2-4-15(14)12-31;1-5-9-13-17(14-10-6-2,15-11-7-3)16-12-8-4;1-3-7-9(5,6)8-4-2;/h5-13H,3-4,14-16H2,1-2H3,(H2,31,32,33);1-9H,10-12H2,(H2,28,29,30);5-16H2,1-4H3;3-4H2,1-2H3,(H,5,6);1H/q;;+1;;/p-1. The van der Waals surface area contributed by atoms with Crippen LogP contribution in [-0.2, 0) is 70.4 Å². The minimum Gasteiger partial charge on any atom is -0.756 e. The van der Waals surface area contributed by atoms with Crippen LogP contribution in [0.15, 0.2) is 109 Å². The first kappa shape index (κ1) is 81.0. The maximum Gasteiger partial charge on any atom is 0.475 e. The highest BCUT2D eigenvalue weighted by atomic mass is 35.5. The number of carbonyl (C=O) groups excluding carboxylic acids is 2. The lowest BCUT2D eigenvalue weighted by Gasteiger charge is -2.39. The van der Waals surface area contributed by atoms with Gasteiger partial charge in [-0.2, -0.15) is 0 Å². The Bertz CT molecular complexity index is 4020. The molecule has 10 rings (SSSR count). The van der Waals surface area contributed by atoms with Crippen molar-refractivity contribution in [2.75, 3.05) is 64.1 Å². The van der Waals surface area contributed by atoms with Gasteiger partial charge < -0.3 is 39.7 Å². The highest BCUT2D eigenvalue weighted by molar-refractivity contribution is 7.48. The Morgan fingerprint density at radius 1 is 0.505 bits per heavy atom. The zero-order chi connectivity index (χ0) is 71.2. The van der Waals surface area contributed by atoms with Crippen LogP contribution in [0, 0.1) is 23.3 Å². The maximum atomic E-state index is 14.4. The number of hydrogen-bond acceptors (Lipinski definition) is 16. The number of nitrogen functional groups attached to an aromatic ring is 2. The molecule has 6 aromatic carbocycles. The number of rotatable bonds is 28. The normalized spacial score (nSPS) is 12.6. The van der Waals surface area contributed by atoms with Crippen molar-refractivity contribution in [3.8, 4) is 22.3 Å². The van der Waals surface area contributed by atoms with Gasteiger partial charge in [0, 0.05) is 42.8 Å². The monoisotopic (exact) mass is 1450 g/mol. The average Bonchev–Trinajstić information content (AvgIpc) is 1.60. The number of anilines is 2. The molecule has 0 unspecified atom stereocenters.